The van der Waals surface area contributed by atoms with Crippen molar-refractivity contribution >= 4 is 23.2 Å². The fourth-order valence-electron chi connectivity index (χ4n) is 3.61. The molecular formula is C19H28N2O3S. The molecule has 0 aromatic carbocycles. The van der Waals surface area contributed by atoms with Crippen LogP contribution in [-0.4, -0.2) is 49.1 Å². The molecule has 0 aliphatic carbocycles. The zero-order valence-corrected chi connectivity index (χ0v) is 15.8. The molecule has 2 aliphatic heterocycles. The topological polar surface area (TPSA) is 58.6 Å². The monoisotopic (exact) mass is 364 g/mol. The van der Waals surface area contributed by atoms with E-state index in [4.69, 9.17) is 4.74 Å². The van der Waals surface area contributed by atoms with Crippen LogP contribution in [0, 0.1) is 12.8 Å². The smallest absolute Gasteiger partial charge is 0.261 e. The Kier molecular flexibility index (Phi) is 6.48. The Morgan fingerprint density at radius 2 is 1.92 bits per heavy atom. The summed E-state index contributed by atoms with van der Waals surface area (Å²) >= 11 is 1.52. The number of amides is 2. The number of thiophene rings is 1. The first-order valence-corrected chi connectivity index (χ1v) is 10.2. The summed E-state index contributed by atoms with van der Waals surface area (Å²) in [7, 11) is 0. The van der Waals surface area contributed by atoms with E-state index in [9.17, 15) is 9.59 Å². The van der Waals surface area contributed by atoms with Gasteiger partial charge in [-0.3, -0.25) is 9.59 Å². The van der Waals surface area contributed by atoms with E-state index in [0.717, 1.165) is 68.2 Å². The van der Waals surface area contributed by atoms with Crippen LogP contribution in [0.3, 0.4) is 0 Å². The highest BCUT2D eigenvalue weighted by Gasteiger charge is 2.25. The molecule has 2 aliphatic rings. The van der Waals surface area contributed by atoms with Gasteiger partial charge in [-0.25, -0.2) is 0 Å². The molecule has 2 amide bonds. The number of ether oxygens (including phenoxy) is 1. The second-order valence-electron chi connectivity index (χ2n) is 7.13. The van der Waals surface area contributed by atoms with E-state index in [1.807, 2.05) is 24.0 Å². The average molecular weight is 365 g/mol. The Balaban J connectivity index is 1.37. The van der Waals surface area contributed by atoms with Gasteiger partial charge in [0.05, 0.1) is 4.88 Å². The molecule has 2 fully saturated rings. The lowest BCUT2D eigenvalue weighted by atomic mass is 9.94. The molecule has 138 valence electrons. The van der Waals surface area contributed by atoms with Crippen LogP contribution >= 0.6 is 11.3 Å². The number of nitrogens with one attached hydrogen (secondary N) is 1. The Labute approximate surface area is 153 Å². The van der Waals surface area contributed by atoms with Crippen molar-refractivity contribution in [2.24, 2.45) is 5.92 Å². The first-order chi connectivity index (χ1) is 12.1. The minimum atomic E-state index is 0.0161. The highest BCUT2D eigenvalue weighted by Crippen LogP contribution is 2.22. The molecule has 2 saturated heterocycles. The number of hydrogen-bond acceptors (Lipinski definition) is 4. The minimum Gasteiger partial charge on any atom is -0.381 e. The van der Waals surface area contributed by atoms with Crippen molar-refractivity contribution in [3.8, 4) is 0 Å². The predicted molar refractivity (Wildman–Crippen MR) is 98.9 cm³/mol. The van der Waals surface area contributed by atoms with Gasteiger partial charge in [0.15, 0.2) is 0 Å². The third-order valence-electron chi connectivity index (χ3n) is 5.25. The predicted octanol–water partition coefficient (Wildman–Crippen LogP) is 2.98. The fourth-order valence-corrected chi connectivity index (χ4v) is 4.38. The van der Waals surface area contributed by atoms with Crippen LogP contribution in [0.1, 0.15) is 53.1 Å². The maximum absolute atomic E-state index is 12.4. The first-order valence-electron chi connectivity index (χ1n) is 9.34. The van der Waals surface area contributed by atoms with Gasteiger partial charge >= 0.3 is 0 Å². The van der Waals surface area contributed by atoms with Crippen molar-refractivity contribution in [3.05, 3.63) is 21.9 Å². The van der Waals surface area contributed by atoms with Crippen molar-refractivity contribution in [2.45, 2.75) is 51.5 Å². The van der Waals surface area contributed by atoms with E-state index in [1.54, 1.807) is 0 Å². The molecule has 0 saturated carbocycles. The lowest BCUT2D eigenvalue weighted by molar-refractivity contribution is -0.132. The van der Waals surface area contributed by atoms with Crippen molar-refractivity contribution in [1.29, 1.82) is 0 Å². The van der Waals surface area contributed by atoms with Gasteiger partial charge in [0.25, 0.3) is 5.91 Å². The highest BCUT2D eigenvalue weighted by molar-refractivity contribution is 7.13. The Morgan fingerprint density at radius 3 is 2.56 bits per heavy atom. The Bertz CT molecular complexity index is 587. The van der Waals surface area contributed by atoms with Crippen LogP contribution in [0.2, 0.25) is 0 Å². The normalized spacial score (nSPS) is 19.8. The number of rotatable bonds is 5. The van der Waals surface area contributed by atoms with Crippen LogP contribution in [0.25, 0.3) is 0 Å². The van der Waals surface area contributed by atoms with E-state index in [1.165, 1.54) is 11.3 Å². The second kappa shape index (κ2) is 8.81. The zero-order chi connectivity index (χ0) is 17.6. The van der Waals surface area contributed by atoms with Crippen LogP contribution in [0.4, 0.5) is 0 Å². The number of piperidine rings is 1. The molecule has 6 heteroatoms. The second-order valence-corrected chi connectivity index (χ2v) is 8.42. The molecule has 3 heterocycles. The molecule has 25 heavy (non-hydrogen) atoms. The van der Waals surface area contributed by atoms with Gasteiger partial charge < -0.3 is 15.0 Å². The summed E-state index contributed by atoms with van der Waals surface area (Å²) in [6, 6.07) is 4.03. The third-order valence-corrected chi connectivity index (χ3v) is 6.25. The Hall–Kier alpha value is -1.40. The number of likely N-dealkylation sites (tertiary alicyclic amines) is 1. The molecule has 1 N–H and O–H groups in total. The van der Waals surface area contributed by atoms with Crippen LogP contribution < -0.4 is 5.32 Å². The summed E-state index contributed by atoms with van der Waals surface area (Å²) < 4.78 is 5.37. The lowest BCUT2D eigenvalue weighted by Gasteiger charge is -2.33. The van der Waals surface area contributed by atoms with Gasteiger partial charge in [0.1, 0.15) is 0 Å². The fraction of sp³-hybridized carbons (Fsp3) is 0.684. The van der Waals surface area contributed by atoms with Crippen LogP contribution in [0.5, 0.6) is 0 Å². The number of carbonyl (C=O) groups is 2. The van der Waals surface area contributed by atoms with Crippen molar-refractivity contribution in [3.63, 3.8) is 0 Å². The van der Waals surface area contributed by atoms with Gasteiger partial charge in [0, 0.05) is 43.6 Å². The molecule has 5 nitrogen and oxygen atoms in total. The molecular weight excluding hydrogens is 336 g/mol. The summed E-state index contributed by atoms with van der Waals surface area (Å²) in [5.74, 6) is 0.927. The van der Waals surface area contributed by atoms with Gasteiger partial charge in [-0.2, -0.15) is 0 Å². The van der Waals surface area contributed by atoms with E-state index in [-0.39, 0.29) is 17.9 Å². The van der Waals surface area contributed by atoms with Crippen molar-refractivity contribution < 1.29 is 14.3 Å². The molecule has 0 atom stereocenters. The van der Waals surface area contributed by atoms with Gasteiger partial charge in [-0.05, 0) is 57.1 Å². The van der Waals surface area contributed by atoms with Gasteiger partial charge in [-0.15, -0.1) is 11.3 Å². The number of hydrogen-bond donors (Lipinski definition) is 1. The standard InChI is InChI=1S/C19H28N2O3S/c1-14-2-4-17(25-14)19(23)20-16-6-10-21(11-7-16)18(22)5-3-15-8-12-24-13-9-15/h2,4,15-16H,3,5-13H2,1H3,(H,20,23). The number of carbonyl (C=O) groups excluding carboxylic acids is 2. The van der Waals surface area contributed by atoms with Crippen LogP contribution in [-0.2, 0) is 9.53 Å². The third kappa shape index (κ3) is 5.28. The van der Waals surface area contributed by atoms with Crippen LogP contribution in [0.15, 0.2) is 12.1 Å². The summed E-state index contributed by atoms with van der Waals surface area (Å²) in [5, 5.41) is 3.11. The van der Waals surface area contributed by atoms with E-state index in [2.05, 4.69) is 5.32 Å². The first kappa shape index (κ1) is 18.4. The average Bonchev–Trinajstić information content (AvgIpc) is 3.08. The minimum absolute atomic E-state index is 0.0161. The van der Waals surface area contributed by atoms with E-state index < -0.39 is 0 Å². The summed E-state index contributed by atoms with van der Waals surface area (Å²) in [5.41, 5.74) is 0. The molecule has 0 unspecified atom stereocenters. The molecule has 0 spiro atoms. The summed E-state index contributed by atoms with van der Waals surface area (Å²) in [6.07, 6.45) is 5.50. The molecule has 1 aromatic heterocycles. The molecule has 1 aromatic rings. The maximum Gasteiger partial charge on any atom is 0.261 e. The zero-order valence-electron chi connectivity index (χ0n) is 15.0. The van der Waals surface area contributed by atoms with Crippen molar-refractivity contribution in [2.75, 3.05) is 26.3 Å². The molecule has 0 bridgehead atoms. The number of aryl methyl sites for hydroxylation is 1. The Morgan fingerprint density at radius 1 is 1.20 bits per heavy atom. The number of nitrogens with zero attached hydrogens (tertiary/aromatic N) is 1. The van der Waals surface area contributed by atoms with E-state index in [0.29, 0.717) is 12.3 Å². The van der Waals surface area contributed by atoms with Gasteiger partial charge in [0.2, 0.25) is 5.91 Å². The maximum atomic E-state index is 12.4. The van der Waals surface area contributed by atoms with Gasteiger partial charge in [-0.1, -0.05) is 0 Å². The van der Waals surface area contributed by atoms with Crippen molar-refractivity contribution in [1.82, 2.24) is 10.2 Å². The highest BCUT2D eigenvalue weighted by atomic mass is 32.1. The lowest BCUT2D eigenvalue weighted by Crippen LogP contribution is -2.46. The largest absolute Gasteiger partial charge is 0.381 e. The summed E-state index contributed by atoms with van der Waals surface area (Å²) in [6.45, 7) is 5.19. The quantitative estimate of drug-likeness (QED) is 0.874. The SMILES string of the molecule is Cc1ccc(C(=O)NC2CCN(C(=O)CCC3CCOCC3)CC2)s1. The summed E-state index contributed by atoms with van der Waals surface area (Å²) in [4.78, 5) is 28.5. The molecule has 3 rings (SSSR count). The van der Waals surface area contributed by atoms with E-state index >= 15 is 0 Å². The molecule has 0 radical (unpaired) electrons.